The second-order valence-electron chi connectivity index (χ2n) is 3.81. The van der Waals surface area contributed by atoms with Crippen LogP contribution in [0.1, 0.15) is 30.6 Å². The van der Waals surface area contributed by atoms with Crippen LogP contribution >= 0.6 is 0 Å². The van der Waals surface area contributed by atoms with Gasteiger partial charge in [-0.2, -0.15) is 0 Å². The van der Waals surface area contributed by atoms with Gasteiger partial charge in [0.15, 0.2) is 5.78 Å². The quantitative estimate of drug-likeness (QED) is 0.679. The van der Waals surface area contributed by atoms with E-state index in [1.54, 1.807) is 25.6 Å². The molecule has 0 aliphatic rings. The zero-order valence-electron chi connectivity index (χ0n) is 10.8. The van der Waals surface area contributed by atoms with Gasteiger partial charge in [-0.1, -0.05) is 13.8 Å². The van der Waals surface area contributed by atoms with E-state index in [4.69, 9.17) is 4.74 Å². The van der Waals surface area contributed by atoms with E-state index in [-0.39, 0.29) is 5.78 Å². The predicted molar refractivity (Wildman–Crippen MR) is 67.5 cm³/mol. The first kappa shape index (κ1) is 13.6. The van der Waals surface area contributed by atoms with Gasteiger partial charge in [0.1, 0.15) is 5.75 Å². The maximum Gasteiger partial charge on any atom is 0.165 e. The van der Waals surface area contributed by atoms with Gasteiger partial charge < -0.3 is 9.64 Å². The van der Waals surface area contributed by atoms with Crippen molar-refractivity contribution in [3.8, 4) is 5.75 Å². The molecule has 17 heavy (non-hydrogen) atoms. The molecule has 0 unspecified atom stereocenters. The number of ketones is 1. The molecule has 0 saturated carbocycles. The standard InChI is InChI=1S/C13H20N2O2/c1-4-15(5-2)7-6-13(16)11-8-12(17-3)10-14-9-11/h8-10H,4-7H2,1-3H3. The number of aromatic nitrogens is 1. The molecule has 0 aliphatic carbocycles. The first-order valence-electron chi connectivity index (χ1n) is 5.95. The lowest BCUT2D eigenvalue weighted by Gasteiger charge is -2.17. The summed E-state index contributed by atoms with van der Waals surface area (Å²) in [5, 5.41) is 0. The molecule has 4 heteroatoms. The molecular weight excluding hydrogens is 216 g/mol. The Kier molecular flexibility index (Phi) is 5.63. The zero-order valence-corrected chi connectivity index (χ0v) is 10.8. The molecule has 0 bridgehead atoms. The fraction of sp³-hybridized carbons (Fsp3) is 0.538. The first-order valence-corrected chi connectivity index (χ1v) is 5.95. The van der Waals surface area contributed by atoms with Crippen molar-refractivity contribution in [2.75, 3.05) is 26.7 Å². The molecule has 1 aromatic heterocycles. The number of nitrogens with zero attached hydrogens (tertiary/aromatic N) is 2. The highest BCUT2D eigenvalue weighted by molar-refractivity contribution is 5.96. The normalized spacial score (nSPS) is 10.6. The monoisotopic (exact) mass is 236 g/mol. The summed E-state index contributed by atoms with van der Waals surface area (Å²) in [5.74, 6) is 0.738. The van der Waals surface area contributed by atoms with Crippen LogP contribution in [0.4, 0.5) is 0 Å². The van der Waals surface area contributed by atoms with Crippen molar-refractivity contribution in [3.05, 3.63) is 24.0 Å². The molecule has 0 saturated heterocycles. The van der Waals surface area contributed by atoms with E-state index >= 15 is 0 Å². The molecule has 1 heterocycles. The lowest BCUT2D eigenvalue weighted by Crippen LogP contribution is -2.25. The van der Waals surface area contributed by atoms with Crippen molar-refractivity contribution >= 4 is 5.78 Å². The fourth-order valence-electron chi connectivity index (χ4n) is 1.63. The first-order chi connectivity index (χ1) is 8.21. The average molecular weight is 236 g/mol. The van der Waals surface area contributed by atoms with Crippen molar-refractivity contribution in [1.29, 1.82) is 0 Å². The summed E-state index contributed by atoms with van der Waals surface area (Å²) >= 11 is 0. The summed E-state index contributed by atoms with van der Waals surface area (Å²) in [6.07, 6.45) is 3.71. The minimum absolute atomic E-state index is 0.114. The van der Waals surface area contributed by atoms with Gasteiger partial charge in [-0.05, 0) is 19.2 Å². The number of hydrogen-bond donors (Lipinski definition) is 0. The van der Waals surface area contributed by atoms with Crippen LogP contribution in [0.2, 0.25) is 0 Å². The SMILES string of the molecule is CCN(CC)CCC(=O)c1cncc(OC)c1. The van der Waals surface area contributed by atoms with Crippen LogP contribution in [0.25, 0.3) is 0 Å². The van der Waals surface area contributed by atoms with E-state index in [1.165, 1.54) is 0 Å². The maximum atomic E-state index is 11.9. The molecule has 1 aromatic rings. The Hall–Kier alpha value is -1.42. The van der Waals surface area contributed by atoms with Crippen LogP contribution in [-0.4, -0.2) is 42.4 Å². The third kappa shape index (κ3) is 4.15. The van der Waals surface area contributed by atoms with Crippen molar-refractivity contribution in [2.45, 2.75) is 20.3 Å². The van der Waals surface area contributed by atoms with Crippen molar-refractivity contribution in [1.82, 2.24) is 9.88 Å². The van der Waals surface area contributed by atoms with Gasteiger partial charge in [-0.25, -0.2) is 0 Å². The second-order valence-corrected chi connectivity index (χ2v) is 3.81. The molecule has 0 aromatic carbocycles. The highest BCUT2D eigenvalue weighted by Gasteiger charge is 2.09. The van der Waals surface area contributed by atoms with Crippen LogP contribution in [0.5, 0.6) is 5.75 Å². The topological polar surface area (TPSA) is 42.4 Å². The number of Topliss-reactive ketones (excluding diaryl/α,β-unsaturated/α-hetero) is 1. The molecule has 0 amide bonds. The summed E-state index contributed by atoms with van der Waals surface area (Å²) < 4.78 is 5.05. The average Bonchev–Trinajstić information content (AvgIpc) is 2.39. The van der Waals surface area contributed by atoms with E-state index in [1.807, 2.05) is 0 Å². The molecule has 0 fully saturated rings. The summed E-state index contributed by atoms with van der Waals surface area (Å²) in [7, 11) is 1.57. The van der Waals surface area contributed by atoms with Gasteiger partial charge in [0.2, 0.25) is 0 Å². The van der Waals surface area contributed by atoms with Crippen LogP contribution in [0.15, 0.2) is 18.5 Å². The molecule has 0 radical (unpaired) electrons. The maximum absolute atomic E-state index is 11.9. The number of methoxy groups -OCH3 is 1. The van der Waals surface area contributed by atoms with Crippen LogP contribution in [0, 0.1) is 0 Å². The molecule has 0 atom stereocenters. The number of ether oxygens (including phenoxy) is 1. The van der Waals surface area contributed by atoms with Crippen LogP contribution < -0.4 is 4.74 Å². The lowest BCUT2D eigenvalue weighted by molar-refractivity contribution is 0.0966. The van der Waals surface area contributed by atoms with Crippen molar-refractivity contribution in [2.24, 2.45) is 0 Å². The molecule has 0 aliphatic heterocycles. The molecule has 1 rings (SSSR count). The van der Waals surface area contributed by atoms with Gasteiger partial charge in [0, 0.05) is 24.7 Å². The number of hydrogen-bond acceptors (Lipinski definition) is 4. The Morgan fingerprint density at radius 3 is 2.65 bits per heavy atom. The smallest absolute Gasteiger partial charge is 0.165 e. The van der Waals surface area contributed by atoms with Crippen LogP contribution in [-0.2, 0) is 0 Å². The molecule has 0 spiro atoms. The summed E-state index contributed by atoms with van der Waals surface area (Å²) in [4.78, 5) is 18.1. The zero-order chi connectivity index (χ0) is 12.7. The Morgan fingerprint density at radius 2 is 2.06 bits per heavy atom. The summed E-state index contributed by atoms with van der Waals surface area (Å²) in [6.45, 7) is 6.94. The number of rotatable bonds is 7. The summed E-state index contributed by atoms with van der Waals surface area (Å²) in [5.41, 5.74) is 0.622. The van der Waals surface area contributed by atoms with E-state index in [0.29, 0.717) is 17.7 Å². The molecule has 4 nitrogen and oxygen atoms in total. The van der Waals surface area contributed by atoms with Gasteiger partial charge in [0.05, 0.1) is 13.3 Å². The number of carbonyl (C=O) groups excluding carboxylic acids is 1. The van der Waals surface area contributed by atoms with Gasteiger partial charge >= 0.3 is 0 Å². The highest BCUT2D eigenvalue weighted by atomic mass is 16.5. The molecule has 94 valence electrons. The third-order valence-electron chi connectivity index (χ3n) is 2.82. The Labute approximate surface area is 103 Å². The van der Waals surface area contributed by atoms with E-state index < -0.39 is 0 Å². The van der Waals surface area contributed by atoms with Gasteiger partial charge in [-0.15, -0.1) is 0 Å². The predicted octanol–water partition coefficient (Wildman–Crippen LogP) is 2.00. The van der Waals surface area contributed by atoms with E-state index in [9.17, 15) is 4.79 Å². The van der Waals surface area contributed by atoms with Crippen molar-refractivity contribution in [3.63, 3.8) is 0 Å². The summed E-state index contributed by atoms with van der Waals surface area (Å²) in [6, 6.07) is 1.73. The fourth-order valence-corrected chi connectivity index (χ4v) is 1.63. The largest absolute Gasteiger partial charge is 0.495 e. The van der Waals surface area contributed by atoms with E-state index in [2.05, 4.69) is 23.7 Å². The second kappa shape index (κ2) is 7.01. The molecular formula is C13H20N2O2. The minimum Gasteiger partial charge on any atom is -0.495 e. The van der Waals surface area contributed by atoms with Crippen molar-refractivity contribution < 1.29 is 9.53 Å². The van der Waals surface area contributed by atoms with Gasteiger partial charge in [-0.3, -0.25) is 9.78 Å². The Morgan fingerprint density at radius 1 is 1.35 bits per heavy atom. The number of carbonyl (C=O) groups is 1. The van der Waals surface area contributed by atoms with Crippen LogP contribution in [0.3, 0.4) is 0 Å². The Bertz CT molecular complexity index is 362. The van der Waals surface area contributed by atoms with Gasteiger partial charge in [0.25, 0.3) is 0 Å². The Balaban J connectivity index is 2.57. The number of pyridine rings is 1. The lowest BCUT2D eigenvalue weighted by atomic mass is 10.1. The minimum atomic E-state index is 0.114. The van der Waals surface area contributed by atoms with E-state index in [0.717, 1.165) is 19.6 Å². The molecule has 0 N–H and O–H groups in total. The highest BCUT2D eigenvalue weighted by Crippen LogP contribution is 2.12. The third-order valence-corrected chi connectivity index (χ3v) is 2.82.